The van der Waals surface area contributed by atoms with Crippen molar-refractivity contribution < 1.29 is 0 Å². The molecule has 0 aromatic heterocycles. The zero-order valence-corrected chi connectivity index (χ0v) is 9.97. The van der Waals surface area contributed by atoms with Crippen molar-refractivity contribution >= 4 is 0 Å². The molecule has 1 rings (SSSR count). The van der Waals surface area contributed by atoms with Crippen molar-refractivity contribution in [3.63, 3.8) is 0 Å². The van der Waals surface area contributed by atoms with Gasteiger partial charge in [-0.1, -0.05) is 20.8 Å². The van der Waals surface area contributed by atoms with Crippen molar-refractivity contribution in [1.29, 1.82) is 0 Å². The molecule has 0 bridgehead atoms. The summed E-state index contributed by atoms with van der Waals surface area (Å²) in [5.41, 5.74) is 0. The summed E-state index contributed by atoms with van der Waals surface area (Å²) in [5.74, 6) is 1.66. The van der Waals surface area contributed by atoms with Crippen molar-refractivity contribution in [3.05, 3.63) is 0 Å². The van der Waals surface area contributed by atoms with Gasteiger partial charge >= 0.3 is 0 Å². The van der Waals surface area contributed by atoms with Gasteiger partial charge in [0.1, 0.15) is 0 Å². The molecule has 84 valence electrons. The Morgan fingerprint density at radius 2 is 1.86 bits per heavy atom. The van der Waals surface area contributed by atoms with Crippen molar-refractivity contribution in [2.45, 2.75) is 46.1 Å². The Bertz CT molecular complexity index is 139. The maximum absolute atomic E-state index is 3.69. The van der Waals surface area contributed by atoms with Gasteiger partial charge in [-0.3, -0.25) is 0 Å². The third kappa shape index (κ3) is 4.97. The van der Waals surface area contributed by atoms with Crippen LogP contribution in [0.25, 0.3) is 0 Å². The molecule has 0 radical (unpaired) electrons. The molecule has 1 fully saturated rings. The van der Waals surface area contributed by atoms with Crippen LogP contribution in [0.3, 0.4) is 0 Å². The summed E-state index contributed by atoms with van der Waals surface area (Å²) in [6.07, 6.45) is 3.95. The number of rotatable bonds is 5. The Kier molecular flexibility index (Phi) is 5.49. The minimum absolute atomic E-state index is 0.769. The van der Waals surface area contributed by atoms with E-state index in [4.69, 9.17) is 0 Å². The monoisotopic (exact) mass is 198 g/mol. The molecule has 0 aliphatic carbocycles. The van der Waals surface area contributed by atoms with Crippen LogP contribution in [0.15, 0.2) is 0 Å². The fourth-order valence-electron chi connectivity index (χ4n) is 2.28. The first-order valence-corrected chi connectivity index (χ1v) is 6.12. The van der Waals surface area contributed by atoms with Gasteiger partial charge in [0.2, 0.25) is 0 Å². The van der Waals surface area contributed by atoms with Gasteiger partial charge in [0.05, 0.1) is 0 Å². The molecule has 0 spiro atoms. The quantitative estimate of drug-likeness (QED) is 0.706. The van der Waals surface area contributed by atoms with E-state index in [2.05, 4.69) is 31.4 Å². The lowest BCUT2D eigenvalue weighted by atomic mass is 9.98. The summed E-state index contributed by atoms with van der Waals surface area (Å²) in [5, 5.41) is 7.08. The Morgan fingerprint density at radius 1 is 1.21 bits per heavy atom. The number of nitrogens with one attached hydrogen (secondary N) is 2. The molecular weight excluding hydrogens is 172 g/mol. The van der Waals surface area contributed by atoms with Crippen LogP contribution < -0.4 is 10.6 Å². The van der Waals surface area contributed by atoms with Gasteiger partial charge in [-0.15, -0.1) is 0 Å². The first-order valence-electron chi connectivity index (χ1n) is 6.12. The van der Waals surface area contributed by atoms with E-state index in [0.29, 0.717) is 0 Å². The molecule has 1 heterocycles. The highest BCUT2D eigenvalue weighted by molar-refractivity contribution is 4.75. The van der Waals surface area contributed by atoms with Gasteiger partial charge in [-0.25, -0.2) is 0 Å². The van der Waals surface area contributed by atoms with Crippen LogP contribution in [0, 0.1) is 11.8 Å². The summed E-state index contributed by atoms with van der Waals surface area (Å²) in [7, 11) is 0. The van der Waals surface area contributed by atoms with Crippen LogP contribution >= 0.6 is 0 Å². The van der Waals surface area contributed by atoms with Gasteiger partial charge in [-0.2, -0.15) is 0 Å². The summed E-state index contributed by atoms with van der Waals surface area (Å²) in [4.78, 5) is 0. The highest BCUT2D eigenvalue weighted by Gasteiger charge is 2.13. The van der Waals surface area contributed by atoms with Crippen LogP contribution in [0.5, 0.6) is 0 Å². The van der Waals surface area contributed by atoms with E-state index < -0.39 is 0 Å². The highest BCUT2D eigenvalue weighted by Crippen LogP contribution is 2.11. The Labute approximate surface area is 88.8 Å². The molecule has 1 unspecified atom stereocenters. The van der Waals surface area contributed by atoms with E-state index in [-0.39, 0.29) is 0 Å². The Morgan fingerprint density at radius 3 is 2.43 bits per heavy atom. The normalized spacial score (nSPS) is 21.4. The smallest absolute Gasteiger partial charge is 0.00913 e. The van der Waals surface area contributed by atoms with Crippen LogP contribution in [0.2, 0.25) is 0 Å². The minimum Gasteiger partial charge on any atom is -0.317 e. The third-order valence-electron chi connectivity index (χ3n) is 2.97. The minimum atomic E-state index is 0.769. The summed E-state index contributed by atoms with van der Waals surface area (Å²) < 4.78 is 0. The van der Waals surface area contributed by atoms with E-state index in [1.54, 1.807) is 0 Å². The molecule has 2 N–H and O–H groups in total. The molecule has 2 heteroatoms. The van der Waals surface area contributed by atoms with E-state index in [0.717, 1.165) is 17.9 Å². The molecular formula is C12H26N2. The maximum atomic E-state index is 3.69. The summed E-state index contributed by atoms with van der Waals surface area (Å²) >= 11 is 0. The van der Waals surface area contributed by atoms with Gasteiger partial charge < -0.3 is 10.6 Å². The molecule has 0 saturated carbocycles. The second-order valence-electron chi connectivity index (χ2n) is 5.17. The predicted molar refractivity (Wildman–Crippen MR) is 62.5 cm³/mol. The van der Waals surface area contributed by atoms with Crippen molar-refractivity contribution in [2.24, 2.45) is 11.8 Å². The zero-order valence-electron chi connectivity index (χ0n) is 9.97. The van der Waals surface area contributed by atoms with Crippen LogP contribution in [0.4, 0.5) is 0 Å². The number of hydrogen-bond acceptors (Lipinski definition) is 2. The highest BCUT2D eigenvalue weighted by atomic mass is 15.0. The molecule has 0 aromatic carbocycles. The SMILES string of the molecule is CC(C)CC(C)CNC1CCNCC1. The molecule has 14 heavy (non-hydrogen) atoms. The van der Waals surface area contributed by atoms with Crippen molar-refractivity contribution in [3.8, 4) is 0 Å². The Balaban J connectivity index is 2.06. The van der Waals surface area contributed by atoms with Gasteiger partial charge in [0.15, 0.2) is 0 Å². The lowest BCUT2D eigenvalue weighted by Crippen LogP contribution is -2.41. The van der Waals surface area contributed by atoms with Gasteiger partial charge in [-0.05, 0) is 50.7 Å². The molecule has 1 aliphatic rings. The second-order valence-corrected chi connectivity index (χ2v) is 5.17. The standard InChI is InChI=1S/C12H26N2/c1-10(2)8-11(3)9-14-12-4-6-13-7-5-12/h10-14H,4-9H2,1-3H3. The average molecular weight is 198 g/mol. The predicted octanol–water partition coefficient (Wildman–Crippen LogP) is 2.01. The molecule has 0 amide bonds. The fraction of sp³-hybridized carbons (Fsp3) is 1.00. The topological polar surface area (TPSA) is 24.1 Å². The molecule has 0 aromatic rings. The molecule has 1 aliphatic heterocycles. The largest absolute Gasteiger partial charge is 0.317 e. The van der Waals surface area contributed by atoms with Crippen LogP contribution in [0.1, 0.15) is 40.0 Å². The second kappa shape index (κ2) is 6.41. The molecule has 1 atom stereocenters. The lowest BCUT2D eigenvalue weighted by Gasteiger charge is -2.25. The first-order chi connectivity index (χ1) is 6.68. The summed E-state index contributed by atoms with van der Waals surface area (Å²) in [6, 6.07) is 0.769. The van der Waals surface area contributed by atoms with Crippen molar-refractivity contribution in [2.75, 3.05) is 19.6 Å². The van der Waals surface area contributed by atoms with Gasteiger partial charge in [0.25, 0.3) is 0 Å². The average Bonchev–Trinajstić information content (AvgIpc) is 2.15. The fourth-order valence-corrected chi connectivity index (χ4v) is 2.28. The van der Waals surface area contributed by atoms with E-state index >= 15 is 0 Å². The number of hydrogen-bond donors (Lipinski definition) is 2. The first kappa shape index (κ1) is 12.0. The maximum Gasteiger partial charge on any atom is 0.00913 e. The van der Waals surface area contributed by atoms with E-state index in [1.807, 2.05) is 0 Å². The molecule has 2 nitrogen and oxygen atoms in total. The van der Waals surface area contributed by atoms with E-state index in [9.17, 15) is 0 Å². The molecule has 1 saturated heterocycles. The summed E-state index contributed by atoms with van der Waals surface area (Å²) in [6.45, 7) is 10.5. The lowest BCUT2D eigenvalue weighted by molar-refractivity contribution is 0.342. The van der Waals surface area contributed by atoms with E-state index in [1.165, 1.54) is 38.9 Å². The van der Waals surface area contributed by atoms with Crippen molar-refractivity contribution in [1.82, 2.24) is 10.6 Å². The number of piperidine rings is 1. The Hall–Kier alpha value is -0.0800. The van der Waals surface area contributed by atoms with Crippen LogP contribution in [-0.4, -0.2) is 25.7 Å². The third-order valence-corrected chi connectivity index (χ3v) is 2.97. The van der Waals surface area contributed by atoms with Gasteiger partial charge in [0, 0.05) is 6.04 Å². The zero-order chi connectivity index (χ0) is 10.4. The van der Waals surface area contributed by atoms with Crippen LogP contribution in [-0.2, 0) is 0 Å².